The van der Waals surface area contributed by atoms with Crippen LogP contribution in [0.3, 0.4) is 0 Å². The highest BCUT2D eigenvalue weighted by Crippen LogP contribution is 2.46. The van der Waals surface area contributed by atoms with E-state index in [2.05, 4.69) is 10.6 Å². The van der Waals surface area contributed by atoms with Crippen LogP contribution >= 0.6 is 0 Å². The Morgan fingerprint density at radius 2 is 1.78 bits per heavy atom. The third-order valence-corrected chi connectivity index (χ3v) is 7.48. The number of hydrogen-bond donors (Lipinski definition) is 3. The van der Waals surface area contributed by atoms with E-state index in [1.54, 1.807) is 0 Å². The summed E-state index contributed by atoms with van der Waals surface area (Å²) in [5.74, 6) is -4.11. The molecule has 4 amide bonds. The van der Waals surface area contributed by atoms with Crippen LogP contribution in [-0.2, 0) is 19.2 Å². The van der Waals surface area contributed by atoms with Crippen LogP contribution in [0.25, 0.3) is 0 Å². The molecule has 1 saturated carbocycles. The van der Waals surface area contributed by atoms with Gasteiger partial charge in [0, 0.05) is 18.0 Å². The second kappa shape index (κ2) is 10.9. The van der Waals surface area contributed by atoms with E-state index >= 15 is 0 Å². The molecule has 0 aromatic carbocycles. The Bertz CT molecular complexity index is 951. The standard InChI is InChI=1S/C25H36F3N5O4/c1-23(2,3)18(31-22(37)25(26,27)28)21(36)33-11-7-5-4-6-8-17(33)20(35)30-16(14-29)12-15-13-24(9-10-24)32-19(15)34/h15-18H,4-13H2,1-3H3,(H,30,35)(H,31,37)(H,32,34). The summed E-state index contributed by atoms with van der Waals surface area (Å²) in [4.78, 5) is 52.2. The third kappa shape index (κ3) is 7.14. The van der Waals surface area contributed by atoms with Gasteiger partial charge in [0.25, 0.3) is 0 Å². The number of rotatable bonds is 6. The molecule has 2 heterocycles. The predicted molar refractivity (Wildman–Crippen MR) is 126 cm³/mol. The van der Waals surface area contributed by atoms with Gasteiger partial charge < -0.3 is 20.9 Å². The quantitative estimate of drug-likeness (QED) is 0.488. The molecule has 4 unspecified atom stereocenters. The second-order valence-electron chi connectivity index (χ2n) is 11.6. The van der Waals surface area contributed by atoms with Gasteiger partial charge in [-0.25, -0.2) is 0 Å². The molecule has 9 nitrogen and oxygen atoms in total. The summed E-state index contributed by atoms with van der Waals surface area (Å²) in [5.41, 5.74) is -1.23. The number of nitrogens with one attached hydrogen (secondary N) is 3. The fourth-order valence-corrected chi connectivity index (χ4v) is 5.19. The second-order valence-corrected chi connectivity index (χ2v) is 11.6. The summed E-state index contributed by atoms with van der Waals surface area (Å²) in [7, 11) is 0. The Morgan fingerprint density at radius 3 is 2.32 bits per heavy atom. The number of carbonyl (C=O) groups is 4. The zero-order chi connectivity index (χ0) is 27.6. The summed E-state index contributed by atoms with van der Waals surface area (Å²) >= 11 is 0. The van der Waals surface area contributed by atoms with E-state index in [-0.39, 0.29) is 30.8 Å². The monoisotopic (exact) mass is 527 g/mol. The summed E-state index contributed by atoms with van der Waals surface area (Å²) in [6.07, 6.45) is 0.429. The van der Waals surface area contributed by atoms with Crippen molar-refractivity contribution in [3.8, 4) is 6.07 Å². The van der Waals surface area contributed by atoms with Crippen LogP contribution in [0.15, 0.2) is 0 Å². The van der Waals surface area contributed by atoms with Crippen molar-refractivity contribution in [3.63, 3.8) is 0 Å². The molecule has 1 spiro atoms. The van der Waals surface area contributed by atoms with E-state index in [0.29, 0.717) is 19.3 Å². The highest BCUT2D eigenvalue weighted by atomic mass is 19.4. The van der Waals surface area contributed by atoms with Crippen molar-refractivity contribution in [1.82, 2.24) is 20.9 Å². The minimum Gasteiger partial charge on any atom is -0.350 e. The smallest absolute Gasteiger partial charge is 0.350 e. The molecule has 206 valence electrons. The molecule has 3 rings (SSSR count). The van der Waals surface area contributed by atoms with E-state index < -0.39 is 53.4 Å². The summed E-state index contributed by atoms with van der Waals surface area (Å²) in [5, 5.41) is 17.1. The average Bonchev–Trinajstić information content (AvgIpc) is 3.44. The van der Waals surface area contributed by atoms with Crippen LogP contribution in [0.2, 0.25) is 0 Å². The number of hydrogen-bond acceptors (Lipinski definition) is 5. The van der Waals surface area contributed by atoms with E-state index in [4.69, 9.17) is 0 Å². The molecule has 37 heavy (non-hydrogen) atoms. The van der Waals surface area contributed by atoms with Gasteiger partial charge in [-0.15, -0.1) is 0 Å². The third-order valence-electron chi connectivity index (χ3n) is 7.48. The van der Waals surface area contributed by atoms with Gasteiger partial charge in [-0.3, -0.25) is 19.2 Å². The Morgan fingerprint density at radius 1 is 1.14 bits per heavy atom. The van der Waals surface area contributed by atoms with Crippen LogP contribution in [-0.4, -0.2) is 64.9 Å². The Labute approximate surface area is 214 Å². The van der Waals surface area contributed by atoms with Gasteiger partial charge in [0.1, 0.15) is 18.1 Å². The summed E-state index contributed by atoms with van der Waals surface area (Å²) in [6.45, 7) is 4.75. The largest absolute Gasteiger partial charge is 0.471 e. The highest BCUT2D eigenvalue weighted by Gasteiger charge is 2.52. The molecule has 0 aromatic rings. The van der Waals surface area contributed by atoms with Crippen molar-refractivity contribution in [2.75, 3.05) is 6.54 Å². The molecule has 0 bridgehead atoms. The number of alkyl halides is 3. The van der Waals surface area contributed by atoms with E-state index in [1.165, 1.54) is 25.7 Å². The molecule has 3 aliphatic rings. The number of halogens is 3. The van der Waals surface area contributed by atoms with E-state index in [0.717, 1.165) is 25.7 Å². The van der Waals surface area contributed by atoms with Crippen molar-refractivity contribution in [1.29, 1.82) is 5.26 Å². The lowest BCUT2D eigenvalue weighted by molar-refractivity contribution is -0.176. The molecule has 12 heteroatoms. The molecular formula is C25H36F3N5O4. The first kappa shape index (κ1) is 28.7. The molecule has 4 atom stereocenters. The van der Waals surface area contributed by atoms with Gasteiger partial charge in [0.15, 0.2) is 0 Å². The SMILES string of the molecule is CC(C)(C)C(NC(=O)C(F)(F)F)C(=O)N1CCCCCCC1C(=O)NC(C#N)CC1CC2(CC2)NC1=O. The zero-order valence-corrected chi connectivity index (χ0v) is 21.5. The molecule has 2 aliphatic heterocycles. The predicted octanol–water partition coefficient (Wildman–Crippen LogP) is 2.31. The van der Waals surface area contributed by atoms with Crippen molar-refractivity contribution < 1.29 is 32.3 Å². The van der Waals surface area contributed by atoms with E-state index in [1.807, 2.05) is 11.4 Å². The van der Waals surface area contributed by atoms with Crippen molar-refractivity contribution >= 4 is 23.6 Å². The molecule has 3 fully saturated rings. The Balaban J connectivity index is 1.77. The van der Waals surface area contributed by atoms with Gasteiger partial charge in [-0.05, 0) is 43.9 Å². The Kier molecular flexibility index (Phi) is 8.44. The fraction of sp³-hybridized carbons (Fsp3) is 0.800. The molecule has 1 aliphatic carbocycles. The average molecular weight is 528 g/mol. The van der Waals surface area contributed by atoms with Gasteiger partial charge in [-0.2, -0.15) is 18.4 Å². The van der Waals surface area contributed by atoms with Crippen molar-refractivity contribution in [2.24, 2.45) is 11.3 Å². The van der Waals surface area contributed by atoms with Gasteiger partial charge in [0.05, 0.1) is 6.07 Å². The molecular weight excluding hydrogens is 491 g/mol. The highest BCUT2D eigenvalue weighted by molar-refractivity contribution is 5.94. The number of carbonyl (C=O) groups excluding carboxylic acids is 4. The van der Waals surface area contributed by atoms with Gasteiger partial charge >= 0.3 is 12.1 Å². The number of likely N-dealkylation sites (tertiary alicyclic amines) is 1. The minimum atomic E-state index is -5.16. The zero-order valence-electron chi connectivity index (χ0n) is 21.5. The molecule has 0 radical (unpaired) electrons. The molecule has 2 saturated heterocycles. The first-order valence-corrected chi connectivity index (χ1v) is 12.9. The normalized spacial score (nSPS) is 25.2. The lowest BCUT2D eigenvalue weighted by Crippen LogP contribution is -2.61. The fourth-order valence-electron chi connectivity index (χ4n) is 5.19. The van der Waals surface area contributed by atoms with E-state index in [9.17, 15) is 37.6 Å². The Hall–Kier alpha value is -2.84. The van der Waals surface area contributed by atoms with Gasteiger partial charge in [-0.1, -0.05) is 40.0 Å². The maximum absolute atomic E-state index is 13.6. The first-order chi connectivity index (χ1) is 17.2. The lowest BCUT2D eigenvalue weighted by Gasteiger charge is -2.39. The maximum Gasteiger partial charge on any atom is 0.471 e. The van der Waals surface area contributed by atoms with Crippen LogP contribution in [0.1, 0.15) is 78.6 Å². The number of amides is 4. The summed E-state index contributed by atoms with van der Waals surface area (Å²) < 4.78 is 39.0. The van der Waals surface area contributed by atoms with Crippen LogP contribution < -0.4 is 16.0 Å². The van der Waals surface area contributed by atoms with Crippen molar-refractivity contribution in [3.05, 3.63) is 0 Å². The maximum atomic E-state index is 13.6. The lowest BCUT2D eigenvalue weighted by atomic mass is 9.85. The molecule has 0 aromatic heterocycles. The molecule has 3 N–H and O–H groups in total. The first-order valence-electron chi connectivity index (χ1n) is 12.9. The van der Waals surface area contributed by atoms with Crippen LogP contribution in [0.4, 0.5) is 13.2 Å². The van der Waals surface area contributed by atoms with Crippen LogP contribution in [0.5, 0.6) is 0 Å². The van der Waals surface area contributed by atoms with Crippen molar-refractivity contribution in [2.45, 2.75) is 108 Å². The summed E-state index contributed by atoms with van der Waals surface area (Å²) in [6, 6.07) is -1.45. The topological polar surface area (TPSA) is 131 Å². The van der Waals surface area contributed by atoms with Crippen LogP contribution in [0, 0.1) is 22.7 Å². The minimum absolute atomic E-state index is 0.135. The number of nitriles is 1. The number of nitrogens with zero attached hydrogens (tertiary/aromatic N) is 2. The van der Waals surface area contributed by atoms with Gasteiger partial charge in [0.2, 0.25) is 17.7 Å².